The van der Waals surface area contributed by atoms with Gasteiger partial charge in [0.1, 0.15) is 39.2 Å². The van der Waals surface area contributed by atoms with Gasteiger partial charge in [-0.3, -0.25) is 0 Å². The minimum Gasteiger partial charge on any atom is -0.467 e. The third-order valence-corrected chi connectivity index (χ3v) is 4.29. The molecule has 0 spiro atoms. The molecule has 1 aliphatic heterocycles. The second kappa shape index (κ2) is 5.70. The van der Waals surface area contributed by atoms with E-state index in [0.717, 1.165) is 17.9 Å². The summed E-state index contributed by atoms with van der Waals surface area (Å²) in [5.74, 6) is 1.68. The van der Waals surface area contributed by atoms with Gasteiger partial charge in [0.05, 0.1) is 0 Å². The minimum absolute atomic E-state index is 0.00710. The lowest BCUT2D eigenvalue weighted by Crippen LogP contribution is -2.59. The molecule has 0 amide bonds. The quantitative estimate of drug-likeness (QED) is 0.549. The van der Waals surface area contributed by atoms with Crippen molar-refractivity contribution in [3.8, 4) is 11.5 Å². The van der Waals surface area contributed by atoms with E-state index in [1.165, 1.54) is 5.56 Å². The van der Waals surface area contributed by atoms with Crippen molar-refractivity contribution < 1.29 is 9.47 Å². The Kier molecular flexibility index (Phi) is 4.56. The summed E-state index contributed by atoms with van der Waals surface area (Å²) < 4.78 is 11.7. The zero-order valence-electron chi connectivity index (χ0n) is 15.3. The molecule has 1 N–H and O–H groups in total. The maximum absolute atomic E-state index is 5.90. The third kappa shape index (κ3) is 3.76. The highest BCUT2D eigenvalue weighted by molar-refractivity contribution is 6.59. The Morgan fingerprint density at radius 1 is 1.09 bits per heavy atom. The highest BCUT2D eigenvalue weighted by atomic mass is 16.7. The number of nitrogens with one attached hydrogen (secondary N) is 1. The van der Waals surface area contributed by atoms with Gasteiger partial charge < -0.3 is 14.8 Å². The van der Waals surface area contributed by atoms with Crippen LogP contribution in [0.15, 0.2) is 18.2 Å². The van der Waals surface area contributed by atoms with Gasteiger partial charge >= 0.3 is 0 Å². The van der Waals surface area contributed by atoms with Crippen LogP contribution in [0, 0.1) is 0 Å². The fourth-order valence-electron chi connectivity index (χ4n) is 3.14. The normalized spacial score (nSPS) is 18.0. The van der Waals surface area contributed by atoms with E-state index in [-0.39, 0.29) is 10.5 Å². The number of hydrogen-bond acceptors (Lipinski definition) is 3. The molecule has 1 aliphatic rings. The summed E-state index contributed by atoms with van der Waals surface area (Å²) in [6.07, 6.45) is 1.07. The molecule has 0 saturated carbocycles. The third-order valence-electron chi connectivity index (χ3n) is 4.29. The van der Waals surface area contributed by atoms with Crippen molar-refractivity contribution in [2.75, 3.05) is 0 Å². The van der Waals surface area contributed by atoms with Gasteiger partial charge in [-0.25, -0.2) is 0 Å². The van der Waals surface area contributed by atoms with Crippen molar-refractivity contribution >= 4 is 54.9 Å². The van der Waals surface area contributed by atoms with Crippen molar-refractivity contribution in [1.82, 2.24) is 5.32 Å². The SMILES string of the molecule is BC(B)(B)N[C@@H](CC)C(B)(B)c1ccc2c(c1)OC(B)(B)O2. The summed E-state index contributed by atoms with van der Waals surface area (Å²) in [4.78, 5) is 0. The molecule has 0 radical (unpaired) electrons. The van der Waals surface area contributed by atoms with Gasteiger partial charge in [-0.15, -0.1) is 0 Å². The summed E-state index contributed by atoms with van der Waals surface area (Å²) >= 11 is 0. The molecular formula is C12H24B7NO2. The second-order valence-corrected chi connectivity index (χ2v) is 8.34. The van der Waals surface area contributed by atoms with Crippen LogP contribution < -0.4 is 14.8 Å². The molecule has 1 aromatic rings. The van der Waals surface area contributed by atoms with Gasteiger partial charge in [-0.05, 0) is 23.8 Å². The predicted molar refractivity (Wildman–Crippen MR) is 112 cm³/mol. The number of ether oxygens (including phenoxy) is 2. The van der Waals surface area contributed by atoms with Crippen LogP contribution in [0.4, 0.5) is 0 Å². The van der Waals surface area contributed by atoms with Crippen LogP contribution in [0.25, 0.3) is 0 Å². The average molecular weight is 290 g/mol. The second-order valence-electron chi connectivity index (χ2n) is 8.34. The smallest absolute Gasteiger partial charge is 0.197 e. The van der Waals surface area contributed by atoms with Gasteiger partial charge in [0.15, 0.2) is 32.8 Å². The molecule has 0 aliphatic carbocycles. The molecule has 1 aromatic carbocycles. The fourth-order valence-corrected chi connectivity index (χ4v) is 3.14. The number of hydrogen-bond donors (Lipinski definition) is 1. The van der Waals surface area contributed by atoms with Crippen LogP contribution in [0.5, 0.6) is 11.5 Å². The van der Waals surface area contributed by atoms with Crippen LogP contribution in [0.1, 0.15) is 18.9 Å². The van der Waals surface area contributed by atoms with E-state index in [9.17, 15) is 0 Å². The van der Waals surface area contributed by atoms with Crippen LogP contribution in [0.2, 0.25) is 0 Å². The monoisotopic (exact) mass is 291 g/mol. The van der Waals surface area contributed by atoms with Crippen LogP contribution in [-0.4, -0.2) is 71.8 Å². The van der Waals surface area contributed by atoms with Gasteiger partial charge in [-0.2, -0.15) is 0 Å². The minimum atomic E-state index is -0.571. The molecule has 110 valence electrons. The molecule has 0 bridgehead atoms. The summed E-state index contributed by atoms with van der Waals surface area (Å²) in [6.45, 7) is 2.24. The first kappa shape index (κ1) is 17.6. The van der Waals surface area contributed by atoms with Crippen molar-refractivity contribution in [1.29, 1.82) is 0 Å². The van der Waals surface area contributed by atoms with Crippen LogP contribution in [0.3, 0.4) is 0 Å². The number of benzene rings is 1. The lowest BCUT2D eigenvalue weighted by Gasteiger charge is -2.40. The molecular weight excluding hydrogens is 266 g/mol. The standard InChI is InChI=1S/C12H24B7NO2/c1-2-9(20-11(15,16)17)10(13,14)6-3-4-7-8(5-6)22-12(18,19)21-7/h3-5,9,20H,2,13-19H2,1H3/t9-/m0/s1. The van der Waals surface area contributed by atoms with Gasteiger partial charge in [0.25, 0.3) is 0 Å². The molecule has 3 nitrogen and oxygen atoms in total. The van der Waals surface area contributed by atoms with Gasteiger partial charge in [-0.1, -0.05) is 23.8 Å². The average Bonchev–Trinajstić information content (AvgIpc) is 2.67. The fraction of sp³-hybridized carbons (Fsp3) is 0.500. The molecule has 0 unspecified atom stereocenters. The molecule has 0 fully saturated rings. The van der Waals surface area contributed by atoms with Crippen molar-refractivity contribution in [3.05, 3.63) is 23.8 Å². The van der Waals surface area contributed by atoms with Gasteiger partial charge in [0.2, 0.25) is 0 Å². The van der Waals surface area contributed by atoms with E-state index >= 15 is 0 Å². The van der Waals surface area contributed by atoms with Crippen molar-refractivity contribution in [3.63, 3.8) is 0 Å². The highest BCUT2D eigenvalue weighted by Crippen LogP contribution is 2.40. The molecule has 0 aromatic heterocycles. The van der Waals surface area contributed by atoms with Gasteiger partial charge in [0, 0.05) is 6.04 Å². The van der Waals surface area contributed by atoms with E-state index in [1.54, 1.807) is 0 Å². The number of rotatable bonds is 5. The Morgan fingerprint density at radius 2 is 1.68 bits per heavy atom. The first-order chi connectivity index (χ1) is 9.94. The molecule has 1 atom stereocenters. The maximum Gasteiger partial charge on any atom is 0.197 e. The first-order valence-electron chi connectivity index (χ1n) is 8.25. The summed E-state index contributed by atoms with van der Waals surface area (Å²) in [5.41, 5.74) is 0.704. The van der Waals surface area contributed by atoms with Crippen molar-refractivity contribution in [2.45, 2.75) is 35.4 Å². The highest BCUT2D eigenvalue weighted by Gasteiger charge is 2.36. The van der Waals surface area contributed by atoms with E-state index < -0.39 is 5.59 Å². The zero-order valence-corrected chi connectivity index (χ0v) is 15.3. The molecule has 22 heavy (non-hydrogen) atoms. The summed E-state index contributed by atoms with van der Waals surface area (Å²) in [6, 6.07) is 6.72. The predicted octanol–water partition coefficient (Wildman–Crippen LogP) is -5.37. The van der Waals surface area contributed by atoms with E-state index in [4.69, 9.17) is 9.47 Å². The Morgan fingerprint density at radius 3 is 2.23 bits per heavy atom. The Bertz CT molecular complexity index is 559. The molecule has 1 heterocycles. The lowest BCUT2D eigenvalue weighted by atomic mass is 9.44. The summed E-state index contributed by atoms with van der Waals surface area (Å²) in [5, 5.41) is 3.86. The van der Waals surface area contributed by atoms with Crippen LogP contribution >= 0.6 is 0 Å². The largest absolute Gasteiger partial charge is 0.467 e. The van der Waals surface area contributed by atoms with E-state index in [1.807, 2.05) is 21.8 Å². The Hall–Kier alpha value is -0.765. The maximum atomic E-state index is 5.90. The summed E-state index contributed by atoms with van der Waals surface area (Å²) in [7, 11) is 15.1. The Balaban J connectivity index is 2.30. The van der Waals surface area contributed by atoms with Crippen molar-refractivity contribution in [2.24, 2.45) is 0 Å². The zero-order chi connectivity index (χ0) is 16.8. The topological polar surface area (TPSA) is 30.5 Å². The van der Waals surface area contributed by atoms with E-state index in [0.29, 0.717) is 6.04 Å². The first-order valence-corrected chi connectivity index (χ1v) is 8.25. The molecule has 0 saturated heterocycles. The molecule has 10 heteroatoms. The van der Waals surface area contributed by atoms with Crippen LogP contribution in [-0.2, 0) is 5.21 Å². The van der Waals surface area contributed by atoms with E-state index in [2.05, 4.69) is 63.6 Å². The number of fused-ring (bicyclic) bond motifs is 1. The lowest BCUT2D eigenvalue weighted by molar-refractivity contribution is 0.0833. The molecule has 2 rings (SSSR count). The Labute approximate surface area is 140 Å².